The van der Waals surface area contributed by atoms with Crippen molar-refractivity contribution in [3.63, 3.8) is 0 Å². The minimum Gasteiger partial charge on any atom is -0.411 e. The Kier molecular flexibility index (Phi) is 4.35. The summed E-state index contributed by atoms with van der Waals surface area (Å²) < 4.78 is 52.2. The Bertz CT molecular complexity index is 841. The molecule has 2 rings (SSSR count). The Morgan fingerprint density at radius 2 is 1.67 bits per heavy atom. The number of benzene rings is 1. The molecule has 0 fully saturated rings. The highest BCUT2D eigenvalue weighted by Gasteiger charge is 2.24. The standard InChI is InChI=1S/C11H11ClN2O5S2/c1-2-20(15,16)11-14-13-10(19-11)7-21(17,18)9-5-3-8(12)4-6-9/h3-6H,2,7H2,1H3. The van der Waals surface area contributed by atoms with E-state index in [1.807, 2.05) is 0 Å². The summed E-state index contributed by atoms with van der Waals surface area (Å²) in [6.45, 7) is 1.42. The average molecular weight is 351 g/mol. The van der Waals surface area contributed by atoms with Crippen molar-refractivity contribution in [3.05, 3.63) is 35.2 Å². The van der Waals surface area contributed by atoms with E-state index in [9.17, 15) is 16.8 Å². The first-order valence-electron chi connectivity index (χ1n) is 5.78. The third kappa shape index (κ3) is 3.60. The number of hydrogen-bond acceptors (Lipinski definition) is 7. The maximum atomic E-state index is 12.1. The molecule has 7 nitrogen and oxygen atoms in total. The van der Waals surface area contributed by atoms with E-state index >= 15 is 0 Å². The van der Waals surface area contributed by atoms with Gasteiger partial charge in [0.25, 0.3) is 0 Å². The molecule has 0 radical (unpaired) electrons. The van der Waals surface area contributed by atoms with E-state index in [1.165, 1.54) is 31.2 Å². The van der Waals surface area contributed by atoms with Crippen LogP contribution >= 0.6 is 11.6 Å². The highest BCUT2D eigenvalue weighted by Crippen LogP contribution is 2.19. The lowest BCUT2D eigenvalue weighted by Gasteiger charge is -2.01. The number of halogens is 1. The van der Waals surface area contributed by atoms with Crippen molar-refractivity contribution in [1.29, 1.82) is 0 Å². The van der Waals surface area contributed by atoms with Crippen molar-refractivity contribution in [1.82, 2.24) is 10.2 Å². The summed E-state index contributed by atoms with van der Waals surface area (Å²) in [5.41, 5.74) is 0. The van der Waals surface area contributed by atoms with Crippen LogP contribution in [0.3, 0.4) is 0 Å². The van der Waals surface area contributed by atoms with E-state index in [0.29, 0.717) is 5.02 Å². The van der Waals surface area contributed by atoms with Crippen LogP contribution in [-0.2, 0) is 25.4 Å². The van der Waals surface area contributed by atoms with E-state index < -0.39 is 30.7 Å². The van der Waals surface area contributed by atoms with E-state index in [0.717, 1.165) is 0 Å². The van der Waals surface area contributed by atoms with Crippen LogP contribution in [-0.4, -0.2) is 32.8 Å². The third-order valence-electron chi connectivity index (χ3n) is 2.58. The summed E-state index contributed by atoms with van der Waals surface area (Å²) in [5.74, 6) is -1.07. The van der Waals surface area contributed by atoms with E-state index in [1.54, 1.807) is 0 Å². The van der Waals surface area contributed by atoms with E-state index in [2.05, 4.69) is 10.2 Å². The summed E-state index contributed by atoms with van der Waals surface area (Å²) in [7, 11) is -7.37. The summed E-state index contributed by atoms with van der Waals surface area (Å²) >= 11 is 5.69. The highest BCUT2D eigenvalue weighted by molar-refractivity contribution is 7.91. The predicted molar refractivity (Wildman–Crippen MR) is 74.4 cm³/mol. The Morgan fingerprint density at radius 1 is 1.05 bits per heavy atom. The Morgan fingerprint density at radius 3 is 2.24 bits per heavy atom. The molecule has 2 aromatic rings. The molecule has 10 heteroatoms. The lowest BCUT2D eigenvalue weighted by molar-refractivity contribution is 0.405. The molecule has 0 atom stereocenters. The SMILES string of the molecule is CCS(=O)(=O)c1nnc(CS(=O)(=O)c2ccc(Cl)cc2)o1. The summed E-state index contributed by atoms with van der Waals surface area (Å²) in [5, 5.41) is 6.65. The molecule has 0 spiro atoms. The second kappa shape index (κ2) is 5.74. The van der Waals surface area contributed by atoms with Crippen LogP contribution in [0.25, 0.3) is 0 Å². The zero-order chi connectivity index (χ0) is 15.7. The molecule has 21 heavy (non-hydrogen) atoms. The smallest absolute Gasteiger partial charge is 0.335 e. The fraction of sp³-hybridized carbons (Fsp3) is 0.273. The first-order valence-corrected chi connectivity index (χ1v) is 9.46. The molecule has 1 heterocycles. The lowest BCUT2D eigenvalue weighted by atomic mass is 10.4. The summed E-state index contributed by atoms with van der Waals surface area (Å²) in [6, 6.07) is 5.57. The average Bonchev–Trinajstić information content (AvgIpc) is 2.87. The molecular weight excluding hydrogens is 340 g/mol. The molecule has 0 bridgehead atoms. The summed E-state index contributed by atoms with van der Waals surface area (Å²) in [4.78, 5) is 0.0324. The lowest BCUT2D eigenvalue weighted by Crippen LogP contribution is -2.05. The number of nitrogens with zero attached hydrogens (tertiary/aromatic N) is 2. The molecule has 1 aromatic carbocycles. The van der Waals surface area contributed by atoms with Gasteiger partial charge >= 0.3 is 5.22 Å². The van der Waals surface area contributed by atoms with Gasteiger partial charge in [-0.1, -0.05) is 23.6 Å². The monoisotopic (exact) mass is 350 g/mol. The fourth-order valence-corrected chi connectivity index (χ4v) is 3.35. The van der Waals surface area contributed by atoms with Crippen molar-refractivity contribution >= 4 is 31.3 Å². The fourth-order valence-electron chi connectivity index (χ4n) is 1.43. The third-order valence-corrected chi connectivity index (χ3v) is 5.91. The molecule has 0 aliphatic carbocycles. The van der Waals surface area contributed by atoms with Gasteiger partial charge in [-0.05, 0) is 24.3 Å². The van der Waals surface area contributed by atoms with Gasteiger partial charge < -0.3 is 4.42 Å². The van der Waals surface area contributed by atoms with E-state index in [-0.39, 0.29) is 16.5 Å². The quantitative estimate of drug-likeness (QED) is 0.803. The van der Waals surface area contributed by atoms with Gasteiger partial charge in [0.15, 0.2) is 9.84 Å². The van der Waals surface area contributed by atoms with Gasteiger partial charge in [0.1, 0.15) is 5.75 Å². The second-order valence-corrected chi connectivity index (χ2v) is 8.66. The van der Waals surface area contributed by atoms with Crippen molar-refractivity contribution in [3.8, 4) is 0 Å². The molecule has 114 valence electrons. The molecule has 1 aromatic heterocycles. The molecule has 0 aliphatic rings. The van der Waals surface area contributed by atoms with E-state index in [4.69, 9.17) is 16.0 Å². The van der Waals surface area contributed by atoms with Crippen LogP contribution in [0.15, 0.2) is 38.8 Å². The number of sulfone groups is 2. The highest BCUT2D eigenvalue weighted by atomic mass is 35.5. The minimum atomic E-state index is -3.72. The van der Waals surface area contributed by atoms with Crippen LogP contribution in [0, 0.1) is 0 Å². The van der Waals surface area contributed by atoms with Gasteiger partial charge in [-0.15, -0.1) is 5.10 Å². The second-order valence-electron chi connectivity index (χ2n) is 4.08. The van der Waals surface area contributed by atoms with Gasteiger partial charge in [-0.2, -0.15) is 0 Å². The molecule has 0 aliphatic heterocycles. The maximum absolute atomic E-state index is 12.1. The summed E-state index contributed by atoms with van der Waals surface area (Å²) in [6.07, 6.45) is 0. The van der Waals surface area contributed by atoms with Crippen LogP contribution < -0.4 is 0 Å². The van der Waals surface area contributed by atoms with Crippen LogP contribution in [0.1, 0.15) is 12.8 Å². The Hall–Kier alpha value is -1.45. The Labute approximate surface area is 126 Å². The molecule has 0 amide bonds. The number of rotatable bonds is 5. The van der Waals surface area contributed by atoms with Gasteiger partial charge in [-0.3, -0.25) is 0 Å². The zero-order valence-electron chi connectivity index (χ0n) is 10.9. The molecular formula is C11H11ClN2O5S2. The molecule has 0 unspecified atom stereocenters. The number of hydrogen-bond donors (Lipinski definition) is 0. The van der Waals surface area contributed by atoms with Gasteiger partial charge in [0.05, 0.1) is 10.6 Å². The number of aromatic nitrogens is 2. The maximum Gasteiger partial charge on any atom is 0.335 e. The first-order chi connectivity index (χ1) is 9.74. The van der Waals surface area contributed by atoms with Gasteiger partial charge in [-0.25, -0.2) is 16.8 Å². The topological polar surface area (TPSA) is 107 Å². The molecule has 0 saturated carbocycles. The van der Waals surface area contributed by atoms with Crippen molar-refractivity contribution in [2.45, 2.75) is 22.8 Å². The van der Waals surface area contributed by atoms with Crippen LogP contribution in [0.2, 0.25) is 5.02 Å². The normalized spacial score (nSPS) is 12.5. The predicted octanol–water partition coefficient (Wildman–Crippen LogP) is 1.49. The van der Waals surface area contributed by atoms with Gasteiger partial charge in [0.2, 0.25) is 15.7 Å². The zero-order valence-corrected chi connectivity index (χ0v) is 13.2. The largest absolute Gasteiger partial charge is 0.411 e. The first kappa shape index (κ1) is 15.9. The minimum absolute atomic E-state index is 0.0324. The van der Waals surface area contributed by atoms with Gasteiger partial charge in [0, 0.05) is 5.02 Å². The van der Waals surface area contributed by atoms with Crippen molar-refractivity contribution in [2.75, 3.05) is 5.75 Å². The van der Waals surface area contributed by atoms with Crippen LogP contribution in [0.5, 0.6) is 0 Å². The van der Waals surface area contributed by atoms with Crippen LogP contribution in [0.4, 0.5) is 0 Å². The molecule has 0 N–H and O–H groups in total. The van der Waals surface area contributed by atoms with Crippen molar-refractivity contribution < 1.29 is 21.3 Å². The van der Waals surface area contributed by atoms with Crippen molar-refractivity contribution in [2.24, 2.45) is 0 Å². The molecule has 0 saturated heterocycles. The Balaban J connectivity index is 2.28.